The molecule has 24 heavy (non-hydrogen) atoms. The van der Waals surface area contributed by atoms with Crippen LogP contribution in [0.3, 0.4) is 0 Å². The molecule has 0 saturated heterocycles. The number of rotatable bonds is 3. The van der Waals surface area contributed by atoms with E-state index in [2.05, 4.69) is 10.1 Å². The number of aromatic nitrogens is 3. The number of thiazole rings is 1. The highest BCUT2D eigenvalue weighted by molar-refractivity contribution is 7.17. The highest BCUT2D eigenvalue weighted by Gasteiger charge is 2.22. The minimum Gasteiger partial charge on any atom is -0.477 e. The molecule has 118 valence electrons. The fraction of sp³-hybridized carbons (Fsp3) is 0.0556. The molecule has 0 radical (unpaired) electrons. The van der Waals surface area contributed by atoms with Gasteiger partial charge in [-0.3, -0.25) is 0 Å². The number of carboxylic acids is 1. The van der Waals surface area contributed by atoms with Gasteiger partial charge in [-0.15, -0.1) is 11.3 Å². The highest BCUT2D eigenvalue weighted by Crippen LogP contribution is 2.37. The summed E-state index contributed by atoms with van der Waals surface area (Å²) >= 11 is 1.19. The first-order chi connectivity index (χ1) is 11.6. The van der Waals surface area contributed by atoms with Gasteiger partial charge in [0.25, 0.3) is 0 Å². The molecule has 5 nitrogen and oxygen atoms in total. The van der Waals surface area contributed by atoms with Gasteiger partial charge in [0.2, 0.25) is 0 Å². The summed E-state index contributed by atoms with van der Waals surface area (Å²) in [6, 6.07) is 15.2. The maximum absolute atomic E-state index is 11.7. The van der Waals surface area contributed by atoms with Crippen molar-refractivity contribution in [2.24, 2.45) is 0 Å². The second kappa shape index (κ2) is 5.58. The van der Waals surface area contributed by atoms with Gasteiger partial charge >= 0.3 is 5.97 Å². The molecule has 0 atom stereocenters. The Morgan fingerprint density at radius 2 is 1.88 bits per heavy atom. The fourth-order valence-corrected chi connectivity index (χ4v) is 3.78. The summed E-state index contributed by atoms with van der Waals surface area (Å²) in [5, 5.41) is 14.7. The maximum atomic E-state index is 11.7. The van der Waals surface area contributed by atoms with Crippen molar-refractivity contribution in [2.75, 3.05) is 0 Å². The van der Waals surface area contributed by atoms with Gasteiger partial charge in [-0.05, 0) is 19.1 Å². The number of aromatic carboxylic acids is 1. The summed E-state index contributed by atoms with van der Waals surface area (Å²) in [6.07, 6.45) is 1.87. The normalized spacial score (nSPS) is 11.0. The molecule has 1 N–H and O–H groups in total. The van der Waals surface area contributed by atoms with Crippen LogP contribution in [0.15, 0.2) is 54.7 Å². The third-order valence-corrected chi connectivity index (χ3v) is 4.86. The van der Waals surface area contributed by atoms with Crippen molar-refractivity contribution >= 4 is 22.8 Å². The monoisotopic (exact) mass is 335 g/mol. The number of hydrogen-bond donors (Lipinski definition) is 1. The second-order valence-electron chi connectivity index (χ2n) is 5.36. The molecule has 1 aromatic carbocycles. The molecule has 0 spiro atoms. The lowest BCUT2D eigenvalue weighted by atomic mass is 10.1. The van der Waals surface area contributed by atoms with Crippen LogP contribution in [-0.4, -0.2) is 25.7 Å². The fourth-order valence-electron chi connectivity index (χ4n) is 2.74. The van der Waals surface area contributed by atoms with Crippen molar-refractivity contribution in [3.63, 3.8) is 0 Å². The van der Waals surface area contributed by atoms with Crippen LogP contribution >= 0.6 is 11.3 Å². The summed E-state index contributed by atoms with van der Waals surface area (Å²) in [5.74, 6) is -0.966. The number of fused-ring (bicyclic) bond motifs is 1. The first-order valence-electron chi connectivity index (χ1n) is 7.39. The van der Waals surface area contributed by atoms with Crippen molar-refractivity contribution < 1.29 is 9.90 Å². The topological polar surface area (TPSA) is 67.5 Å². The Morgan fingerprint density at radius 1 is 1.12 bits per heavy atom. The van der Waals surface area contributed by atoms with E-state index in [1.165, 1.54) is 11.3 Å². The van der Waals surface area contributed by atoms with Crippen molar-refractivity contribution in [3.05, 3.63) is 65.3 Å². The molecule has 3 heterocycles. The summed E-state index contributed by atoms with van der Waals surface area (Å²) < 4.78 is 1.79. The van der Waals surface area contributed by atoms with Crippen LogP contribution in [-0.2, 0) is 0 Å². The SMILES string of the molecule is Cc1nn2ccccc2c1-c1nc(-c2ccccc2)c(C(=O)O)s1. The average molecular weight is 335 g/mol. The number of hydrogen-bond acceptors (Lipinski definition) is 4. The summed E-state index contributed by atoms with van der Waals surface area (Å²) in [7, 11) is 0. The first-order valence-corrected chi connectivity index (χ1v) is 8.20. The van der Waals surface area contributed by atoms with Crippen LogP contribution in [0.25, 0.3) is 27.3 Å². The smallest absolute Gasteiger partial charge is 0.348 e. The van der Waals surface area contributed by atoms with Crippen molar-refractivity contribution in [2.45, 2.75) is 6.92 Å². The minimum atomic E-state index is -0.966. The zero-order chi connectivity index (χ0) is 16.7. The van der Waals surface area contributed by atoms with Gasteiger partial charge in [0.05, 0.1) is 22.5 Å². The van der Waals surface area contributed by atoms with Crippen LogP contribution in [0.1, 0.15) is 15.4 Å². The van der Waals surface area contributed by atoms with E-state index < -0.39 is 5.97 Å². The Labute approximate surface area is 141 Å². The van der Waals surface area contributed by atoms with Gasteiger partial charge in [-0.2, -0.15) is 5.10 Å². The predicted molar refractivity (Wildman–Crippen MR) is 93.4 cm³/mol. The highest BCUT2D eigenvalue weighted by atomic mass is 32.1. The molecular weight excluding hydrogens is 322 g/mol. The van der Waals surface area contributed by atoms with Crippen molar-refractivity contribution in [1.29, 1.82) is 0 Å². The Morgan fingerprint density at radius 3 is 2.62 bits per heavy atom. The standard InChI is InChI=1S/C18H13N3O2S/c1-11-14(13-9-5-6-10-21(13)20-11)17-19-15(16(24-17)18(22)23)12-7-3-2-4-8-12/h2-10H,1H3,(H,22,23). The summed E-state index contributed by atoms with van der Waals surface area (Å²) in [5.41, 5.74) is 3.92. The first kappa shape index (κ1) is 14.6. The molecule has 6 heteroatoms. The van der Waals surface area contributed by atoms with E-state index in [0.29, 0.717) is 10.7 Å². The lowest BCUT2D eigenvalue weighted by molar-refractivity contribution is 0.0702. The Balaban J connectivity index is 1.97. The minimum absolute atomic E-state index is 0.242. The third kappa shape index (κ3) is 2.28. The van der Waals surface area contributed by atoms with Crippen LogP contribution < -0.4 is 0 Å². The third-order valence-electron chi connectivity index (χ3n) is 3.80. The number of carbonyl (C=O) groups is 1. The molecule has 0 fully saturated rings. The molecule has 0 aliphatic rings. The number of nitrogens with zero attached hydrogens (tertiary/aromatic N) is 3. The molecule has 0 aliphatic heterocycles. The van der Waals surface area contributed by atoms with E-state index in [1.807, 2.05) is 61.7 Å². The van der Waals surface area contributed by atoms with E-state index in [0.717, 1.165) is 22.3 Å². The number of pyridine rings is 1. The van der Waals surface area contributed by atoms with Crippen LogP contribution in [0.5, 0.6) is 0 Å². The van der Waals surface area contributed by atoms with E-state index >= 15 is 0 Å². The molecule has 0 saturated carbocycles. The van der Waals surface area contributed by atoms with E-state index in [9.17, 15) is 9.90 Å². The van der Waals surface area contributed by atoms with Crippen molar-refractivity contribution in [1.82, 2.24) is 14.6 Å². The molecule has 0 bridgehead atoms. The number of benzene rings is 1. The van der Waals surface area contributed by atoms with E-state index in [4.69, 9.17) is 0 Å². The van der Waals surface area contributed by atoms with E-state index in [1.54, 1.807) is 4.52 Å². The van der Waals surface area contributed by atoms with Gasteiger partial charge in [0.15, 0.2) is 0 Å². The molecular formula is C18H13N3O2S. The molecule has 0 unspecified atom stereocenters. The molecule has 0 amide bonds. The largest absolute Gasteiger partial charge is 0.477 e. The van der Waals surface area contributed by atoms with Gasteiger partial charge in [0, 0.05) is 11.8 Å². The quantitative estimate of drug-likeness (QED) is 0.611. The lowest BCUT2D eigenvalue weighted by Gasteiger charge is -1.97. The summed E-state index contributed by atoms with van der Waals surface area (Å²) in [4.78, 5) is 16.6. The zero-order valence-corrected chi connectivity index (χ0v) is 13.6. The molecule has 3 aromatic heterocycles. The van der Waals surface area contributed by atoms with Crippen molar-refractivity contribution in [3.8, 4) is 21.8 Å². The van der Waals surface area contributed by atoms with Crippen LogP contribution in [0, 0.1) is 6.92 Å². The van der Waals surface area contributed by atoms with Gasteiger partial charge < -0.3 is 5.11 Å². The van der Waals surface area contributed by atoms with Gasteiger partial charge in [0.1, 0.15) is 9.88 Å². The zero-order valence-electron chi connectivity index (χ0n) is 12.8. The van der Waals surface area contributed by atoms with E-state index in [-0.39, 0.29) is 4.88 Å². The van der Waals surface area contributed by atoms with Gasteiger partial charge in [-0.25, -0.2) is 14.3 Å². The van der Waals surface area contributed by atoms with Crippen LogP contribution in [0.4, 0.5) is 0 Å². The number of aryl methyl sites for hydroxylation is 1. The molecule has 4 rings (SSSR count). The Bertz CT molecular complexity index is 1050. The average Bonchev–Trinajstić information content (AvgIpc) is 3.16. The molecule has 4 aromatic rings. The lowest BCUT2D eigenvalue weighted by Crippen LogP contribution is -1.95. The van der Waals surface area contributed by atoms with Gasteiger partial charge in [-0.1, -0.05) is 36.4 Å². The number of carboxylic acid groups (broad SMARTS) is 1. The predicted octanol–water partition coefficient (Wildman–Crippen LogP) is 4.13. The second-order valence-corrected chi connectivity index (χ2v) is 6.36. The maximum Gasteiger partial charge on any atom is 0.348 e. The Hall–Kier alpha value is -2.99. The Kier molecular flexibility index (Phi) is 3.39. The van der Waals surface area contributed by atoms with Crippen LogP contribution in [0.2, 0.25) is 0 Å². The molecule has 0 aliphatic carbocycles. The summed E-state index contributed by atoms with van der Waals surface area (Å²) in [6.45, 7) is 1.91.